The maximum atomic E-state index is 12.1. The fourth-order valence-electron chi connectivity index (χ4n) is 0.910. The molecule has 0 unspecified atom stereocenters. The van der Waals surface area contributed by atoms with Crippen molar-refractivity contribution in [1.29, 1.82) is 0 Å². The van der Waals surface area contributed by atoms with Crippen molar-refractivity contribution in [1.82, 2.24) is 4.98 Å². The summed E-state index contributed by atoms with van der Waals surface area (Å²) >= 11 is 2.87. The zero-order valence-corrected chi connectivity index (χ0v) is 9.02. The molecule has 0 saturated carbocycles. The van der Waals surface area contributed by atoms with Gasteiger partial charge in [-0.1, -0.05) is 0 Å². The van der Waals surface area contributed by atoms with Gasteiger partial charge in [-0.2, -0.15) is 13.2 Å². The molecule has 0 aromatic carbocycles. The number of halogens is 4. The van der Waals surface area contributed by atoms with Crippen molar-refractivity contribution < 1.29 is 22.7 Å². The molecule has 0 N–H and O–H groups in total. The molecule has 1 rings (SSSR count). The molecule has 15 heavy (non-hydrogen) atoms. The first kappa shape index (κ1) is 12.0. The van der Waals surface area contributed by atoms with Crippen LogP contribution < -0.4 is 4.74 Å². The fourth-order valence-corrected chi connectivity index (χ4v) is 1.24. The molecule has 0 fully saturated rings. The molecular weight excluding hydrogens is 279 g/mol. The number of ether oxygens (including phenoxy) is 1. The zero-order chi connectivity index (χ0) is 11.6. The molecule has 1 aromatic rings. The van der Waals surface area contributed by atoms with Gasteiger partial charge in [0.2, 0.25) is 0 Å². The lowest BCUT2D eigenvalue weighted by Gasteiger charge is -2.09. The lowest BCUT2D eigenvalue weighted by atomic mass is 10.1. The average molecular weight is 284 g/mol. The SMILES string of the molecule is COc1cnc(Br)cc1C(=O)C(F)(F)F. The number of rotatable bonds is 2. The number of hydrogen-bond acceptors (Lipinski definition) is 3. The Morgan fingerprint density at radius 2 is 2.13 bits per heavy atom. The van der Waals surface area contributed by atoms with Crippen LogP contribution >= 0.6 is 15.9 Å². The second kappa shape index (κ2) is 4.18. The molecule has 0 radical (unpaired) electrons. The number of alkyl halides is 3. The Hall–Kier alpha value is -1.11. The smallest absolute Gasteiger partial charge is 0.455 e. The first-order chi connectivity index (χ1) is 6.86. The van der Waals surface area contributed by atoms with Crippen LogP contribution in [0.2, 0.25) is 0 Å². The van der Waals surface area contributed by atoms with Crippen molar-refractivity contribution in [2.24, 2.45) is 0 Å². The number of ketones is 1. The minimum atomic E-state index is -4.92. The van der Waals surface area contributed by atoms with E-state index in [4.69, 9.17) is 0 Å². The average Bonchev–Trinajstić information content (AvgIpc) is 2.15. The standard InChI is InChI=1S/C8H5BrF3NO2/c1-15-5-3-13-6(9)2-4(5)7(14)8(10,11)12/h2-3H,1H3. The molecule has 0 spiro atoms. The zero-order valence-electron chi connectivity index (χ0n) is 7.43. The number of pyridine rings is 1. The Labute approximate surface area is 91.4 Å². The highest BCUT2D eigenvalue weighted by atomic mass is 79.9. The Morgan fingerprint density at radius 1 is 1.53 bits per heavy atom. The van der Waals surface area contributed by atoms with Gasteiger partial charge in [-0.05, 0) is 22.0 Å². The highest BCUT2D eigenvalue weighted by molar-refractivity contribution is 9.10. The molecule has 1 aromatic heterocycles. The highest BCUT2D eigenvalue weighted by Gasteiger charge is 2.41. The minimum Gasteiger partial charge on any atom is -0.494 e. The Kier molecular flexibility index (Phi) is 3.33. The predicted molar refractivity (Wildman–Crippen MR) is 48.9 cm³/mol. The Bertz CT molecular complexity index is 392. The quantitative estimate of drug-likeness (QED) is 0.619. The van der Waals surface area contributed by atoms with E-state index in [1.165, 1.54) is 0 Å². The summed E-state index contributed by atoms with van der Waals surface area (Å²) in [4.78, 5) is 14.6. The van der Waals surface area contributed by atoms with Crippen LogP contribution in [0.3, 0.4) is 0 Å². The van der Waals surface area contributed by atoms with Gasteiger partial charge < -0.3 is 4.74 Å². The second-order valence-electron chi connectivity index (χ2n) is 2.53. The summed E-state index contributed by atoms with van der Waals surface area (Å²) in [7, 11) is 1.16. The Morgan fingerprint density at radius 3 is 2.60 bits per heavy atom. The highest BCUT2D eigenvalue weighted by Crippen LogP contribution is 2.28. The molecule has 0 bridgehead atoms. The lowest BCUT2D eigenvalue weighted by molar-refractivity contribution is -0.0886. The number of aromatic nitrogens is 1. The molecule has 0 aliphatic carbocycles. The maximum absolute atomic E-state index is 12.1. The largest absolute Gasteiger partial charge is 0.494 e. The number of hydrogen-bond donors (Lipinski definition) is 0. The molecule has 1 heterocycles. The molecule has 0 atom stereocenters. The van der Waals surface area contributed by atoms with Gasteiger partial charge in [0, 0.05) is 0 Å². The van der Waals surface area contributed by atoms with Crippen LogP contribution in [0.1, 0.15) is 10.4 Å². The third kappa shape index (κ3) is 2.68. The van der Waals surface area contributed by atoms with E-state index in [2.05, 4.69) is 25.7 Å². The first-order valence-electron chi connectivity index (χ1n) is 3.67. The number of carbonyl (C=O) groups excluding carboxylic acids is 1. The number of methoxy groups -OCH3 is 1. The number of Topliss-reactive ketones (excluding diaryl/α,β-unsaturated/α-hetero) is 1. The second-order valence-corrected chi connectivity index (χ2v) is 3.35. The van der Waals surface area contributed by atoms with E-state index in [9.17, 15) is 18.0 Å². The van der Waals surface area contributed by atoms with Crippen LogP contribution in [-0.2, 0) is 0 Å². The molecule has 7 heteroatoms. The third-order valence-corrected chi connectivity index (χ3v) is 1.99. The van der Waals surface area contributed by atoms with Crippen LogP contribution in [-0.4, -0.2) is 24.1 Å². The van der Waals surface area contributed by atoms with Crippen LogP contribution in [0.25, 0.3) is 0 Å². The van der Waals surface area contributed by atoms with E-state index in [0.29, 0.717) is 0 Å². The molecule has 0 amide bonds. The van der Waals surface area contributed by atoms with Crippen molar-refractivity contribution in [2.45, 2.75) is 6.18 Å². The van der Waals surface area contributed by atoms with E-state index >= 15 is 0 Å². The van der Waals surface area contributed by atoms with Gasteiger partial charge in [0.15, 0.2) is 0 Å². The predicted octanol–water partition coefficient (Wildman–Crippen LogP) is 2.60. The first-order valence-corrected chi connectivity index (χ1v) is 4.46. The maximum Gasteiger partial charge on any atom is 0.455 e. The van der Waals surface area contributed by atoms with Crippen LogP contribution in [0.5, 0.6) is 5.75 Å². The van der Waals surface area contributed by atoms with Gasteiger partial charge in [-0.15, -0.1) is 0 Å². The van der Waals surface area contributed by atoms with Gasteiger partial charge >= 0.3 is 6.18 Å². The van der Waals surface area contributed by atoms with E-state index < -0.39 is 17.5 Å². The molecule has 0 aliphatic heterocycles. The minimum absolute atomic E-state index is 0.135. The number of carbonyl (C=O) groups is 1. The van der Waals surface area contributed by atoms with Gasteiger partial charge in [-0.25, -0.2) is 4.98 Å². The van der Waals surface area contributed by atoms with E-state index in [0.717, 1.165) is 19.4 Å². The van der Waals surface area contributed by atoms with Gasteiger partial charge in [0.1, 0.15) is 10.4 Å². The molecule has 0 saturated heterocycles. The van der Waals surface area contributed by atoms with Crippen molar-refractivity contribution in [3.63, 3.8) is 0 Å². The van der Waals surface area contributed by atoms with Gasteiger partial charge in [-0.3, -0.25) is 4.79 Å². The summed E-state index contributed by atoms with van der Waals surface area (Å²) in [6, 6.07) is 0.967. The molecular formula is C8H5BrF3NO2. The van der Waals surface area contributed by atoms with E-state index in [-0.39, 0.29) is 10.4 Å². The fraction of sp³-hybridized carbons (Fsp3) is 0.250. The van der Waals surface area contributed by atoms with Crippen LogP contribution in [0, 0.1) is 0 Å². The summed E-state index contributed by atoms with van der Waals surface area (Å²) < 4.78 is 41.2. The third-order valence-electron chi connectivity index (χ3n) is 1.56. The molecule has 0 aliphatic rings. The van der Waals surface area contributed by atoms with E-state index in [1.54, 1.807) is 0 Å². The normalized spacial score (nSPS) is 11.3. The summed E-state index contributed by atoms with van der Waals surface area (Å²) in [6.07, 6.45) is -3.88. The molecule has 82 valence electrons. The van der Waals surface area contributed by atoms with Crippen LogP contribution in [0.4, 0.5) is 13.2 Å². The van der Waals surface area contributed by atoms with Crippen molar-refractivity contribution in [3.05, 3.63) is 22.4 Å². The lowest BCUT2D eigenvalue weighted by Crippen LogP contribution is -2.23. The van der Waals surface area contributed by atoms with Crippen LogP contribution in [0.15, 0.2) is 16.9 Å². The van der Waals surface area contributed by atoms with Gasteiger partial charge in [0.25, 0.3) is 5.78 Å². The monoisotopic (exact) mass is 283 g/mol. The van der Waals surface area contributed by atoms with Gasteiger partial charge in [0.05, 0.1) is 18.9 Å². The topological polar surface area (TPSA) is 39.2 Å². The Balaban J connectivity index is 3.23. The molecule has 3 nitrogen and oxygen atoms in total. The summed E-state index contributed by atoms with van der Waals surface area (Å²) in [5.41, 5.74) is -0.563. The van der Waals surface area contributed by atoms with E-state index in [1.807, 2.05) is 0 Å². The summed E-state index contributed by atoms with van der Waals surface area (Å²) in [5, 5.41) is 0. The van der Waals surface area contributed by atoms with Crippen molar-refractivity contribution in [3.8, 4) is 5.75 Å². The summed E-state index contributed by atoms with van der Waals surface area (Å²) in [5.74, 6) is -2.16. The van der Waals surface area contributed by atoms with Crippen molar-refractivity contribution >= 4 is 21.7 Å². The van der Waals surface area contributed by atoms with Crippen molar-refractivity contribution in [2.75, 3.05) is 7.11 Å². The summed E-state index contributed by atoms with van der Waals surface area (Å²) in [6.45, 7) is 0. The number of nitrogens with zero attached hydrogens (tertiary/aromatic N) is 1.